The van der Waals surface area contributed by atoms with Crippen LogP contribution in [0.25, 0.3) is 0 Å². The van der Waals surface area contributed by atoms with Gasteiger partial charge in [-0.3, -0.25) is 4.98 Å². The first kappa shape index (κ1) is 27.4. The number of amides is 1. The number of nitrogens with one attached hydrogen (secondary N) is 1. The Morgan fingerprint density at radius 3 is 2.51 bits per heavy atom. The first-order chi connectivity index (χ1) is 16.2. The number of aromatic nitrogens is 1. The van der Waals surface area contributed by atoms with Crippen LogP contribution in [-0.4, -0.2) is 40.1 Å². The second-order valence-electron chi connectivity index (χ2n) is 12.2. The Bertz CT molecular complexity index is 916. The molecule has 1 aromatic rings. The van der Waals surface area contributed by atoms with Gasteiger partial charge >= 0.3 is 12.1 Å². The second kappa shape index (κ2) is 10.5. The lowest BCUT2D eigenvalue weighted by atomic mass is 9.82. The van der Waals surface area contributed by atoms with Crippen LogP contribution in [0.15, 0.2) is 12.3 Å². The van der Waals surface area contributed by atoms with Crippen molar-refractivity contribution in [2.24, 2.45) is 11.8 Å². The van der Waals surface area contributed by atoms with E-state index < -0.39 is 35.1 Å². The summed E-state index contributed by atoms with van der Waals surface area (Å²) in [6.07, 6.45) is 8.10. The van der Waals surface area contributed by atoms with Gasteiger partial charge in [0.05, 0.1) is 6.04 Å². The van der Waals surface area contributed by atoms with Gasteiger partial charge < -0.3 is 19.5 Å². The van der Waals surface area contributed by atoms with E-state index in [9.17, 15) is 9.59 Å². The van der Waals surface area contributed by atoms with E-state index >= 15 is 0 Å². The maximum absolute atomic E-state index is 13.5. The molecule has 1 saturated heterocycles. The van der Waals surface area contributed by atoms with Crippen LogP contribution in [0.5, 0.6) is 0 Å². The molecule has 2 atom stereocenters. The minimum atomic E-state index is -1.41. The third-order valence-corrected chi connectivity index (χ3v) is 6.68. The Morgan fingerprint density at radius 1 is 1.29 bits per heavy atom. The lowest BCUT2D eigenvalue weighted by Gasteiger charge is -2.36. The van der Waals surface area contributed by atoms with Gasteiger partial charge in [-0.2, -0.15) is 0 Å². The largest absolute Gasteiger partial charge is 0.444 e. The molecule has 2 aliphatic rings. The predicted octanol–water partition coefficient (Wildman–Crippen LogP) is 5.65. The van der Waals surface area contributed by atoms with Crippen molar-refractivity contribution in [2.75, 3.05) is 0 Å². The number of alkyl carbamates (subject to hydrolysis) is 1. The maximum Gasteiger partial charge on any atom is 0.407 e. The van der Waals surface area contributed by atoms with Crippen molar-refractivity contribution in [1.82, 2.24) is 10.3 Å². The van der Waals surface area contributed by atoms with Crippen molar-refractivity contribution in [2.45, 2.75) is 123 Å². The summed E-state index contributed by atoms with van der Waals surface area (Å²) >= 11 is 0. The molecular formula is C28H44N2O5. The van der Waals surface area contributed by atoms with Crippen molar-refractivity contribution >= 4 is 12.1 Å². The summed E-state index contributed by atoms with van der Waals surface area (Å²) in [5, 5.41) is 2.95. The summed E-state index contributed by atoms with van der Waals surface area (Å²) in [6, 6.07) is 1.42. The molecule has 1 amide bonds. The third-order valence-electron chi connectivity index (χ3n) is 6.68. The molecule has 0 aromatic carbocycles. The highest BCUT2D eigenvalue weighted by Crippen LogP contribution is 2.40. The molecule has 7 heteroatoms. The van der Waals surface area contributed by atoms with E-state index in [0.717, 1.165) is 30.0 Å². The number of pyridine rings is 1. The van der Waals surface area contributed by atoms with E-state index in [1.165, 1.54) is 24.8 Å². The molecule has 1 unspecified atom stereocenters. The minimum absolute atomic E-state index is 0.190. The molecule has 7 nitrogen and oxygen atoms in total. The second-order valence-corrected chi connectivity index (χ2v) is 12.2. The average Bonchev–Trinajstić information content (AvgIpc) is 3.47. The Kier molecular flexibility index (Phi) is 8.19. The maximum atomic E-state index is 13.5. The Hall–Kier alpha value is -2.15. The van der Waals surface area contributed by atoms with E-state index in [2.05, 4.69) is 23.3 Å². The highest BCUT2D eigenvalue weighted by Gasteiger charge is 2.59. The molecule has 0 spiro atoms. The van der Waals surface area contributed by atoms with Crippen LogP contribution in [0, 0.1) is 18.8 Å². The summed E-state index contributed by atoms with van der Waals surface area (Å²) in [6.45, 7) is 15.0. The highest BCUT2D eigenvalue weighted by molar-refractivity contribution is 5.84. The van der Waals surface area contributed by atoms with E-state index in [1.807, 2.05) is 40.8 Å². The summed E-state index contributed by atoms with van der Waals surface area (Å²) in [5.74, 6) is -0.503. The Morgan fingerprint density at radius 2 is 1.97 bits per heavy atom. The topological polar surface area (TPSA) is 86.8 Å². The van der Waals surface area contributed by atoms with Gasteiger partial charge in [-0.05, 0) is 76.0 Å². The van der Waals surface area contributed by atoms with Crippen LogP contribution in [0.4, 0.5) is 4.79 Å². The van der Waals surface area contributed by atoms with Crippen molar-refractivity contribution in [3.63, 3.8) is 0 Å². The third kappa shape index (κ3) is 7.42. The molecular weight excluding hydrogens is 444 g/mol. The number of cyclic esters (lactones) is 1. The molecule has 1 saturated carbocycles. The Labute approximate surface area is 210 Å². The smallest absolute Gasteiger partial charge is 0.407 e. The van der Waals surface area contributed by atoms with Gasteiger partial charge in [0.15, 0.2) is 5.60 Å². The first-order valence-corrected chi connectivity index (χ1v) is 13.1. The van der Waals surface area contributed by atoms with Crippen LogP contribution in [-0.2, 0) is 31.8 Å². The predicted molar refractivity (Wildman–Crippen MR) is 135 cm³/mol. The normalized spacial score (nSPS) is 22.7. The number of nitrogens with zero attached hydrogens (tertiary/aromatic N) is 1. The first-order valence-electron chi connectivity index (χ1n) is 13.1. The van der Waals surface area contributed by atoms with Gasteiger partial charge in [0.1, 0.15) is 5.60 Å². The van der Waals surface area contributed by atoms with E-state index in [0.29, 0.717) is 6.42 Å². The summed E-state index contributed by atoms with van der Waals surface area (Å²) in [7, 11) is 0. The number of hydrogen-bond acceptors (Lipinski definition) is 6. The molecule has 196 valence electrons. The quantitative estimate of drug-likeness (QED) is 0.428. The molecule has 1 aliphatic heterocycles. The van der Waals surface area contributed by atoms with Crippen LogP contribution >= 0.6 is 0 Å². The van der Waals surface area contributed by atoms with E-state index in [4.69, 9.17) is 14.2 Å². The average molecular weight is 489 g/mol. The molecule has 0 radical (unpaired) electrons. The van der Waals surface area contributed by atoms with Gasteiger partial charge in [-0.1, -0.05) is 33.1 Å². The molecule has 3 rings (SSSR count). The fourth-order valence-electron chi connectivity index (χ4n) is 4.85. The minimum Gasteiger partial charge on any atom is -0.444 e. The van der Waals surface area contributed by atoms with Crippen molar-refractivity contribution < 1.29 is 23.8 Å². The molecule has 2 heterocycles. The monoisotopic (exact) mass is 488 g/mol. The molecule has 2 fully saturated rings. The van der Waals surface area contributed by atoms with Gasteiger partial charge in [0, 0.05) is 32.2 Å². The number of hydrogen-bond donors (Lipinski definition) is 1. The molecule has 0 bridgehead atoms. The zero-order chi connectivity index (χ0) is 26.0. The summed E-state index contributed by atoms with van der Waals surface area (Å²) in [4.78, 5) is 31.0. The molecule has 1 aromatic heterocycles. The lowest BCUT2D eigenvalue weighted by Crippen LogP contribution is -2.59. The number of ether oxygens (including phenoxy) is 3. The van der Waals surface area contributed by atoms with Crippen LogP contribution in [0.2, 0.25) is 0 Å². The standard InChI is InChI=1S/C28H44N2O5/c1-18(2)16-23(30-25(32)34-26(4,5)6)28(24(31)33-27(7,8)35-28)17-22-19(3)21(14-15-29-22)11-9-10-20-12-13-20/h14-15,18,20,23H,9-13,16-17H2,1-8H3,(H,30,32)/t23?,28-/m1/s1. The van der Waals surface area contributed by atoms with Gasteiger partial charge in [-0.25, -0.2) is 9.59 Å². The number of carbonyl (C=O) groups excluding carboxylic acids is 2. The number of aryl methyl sites for hydroxylation is 1. The zero-order valence-electron chi connectivity index (χ0n) is 22.8. The van der Waals surface area contributed by atoms with Gasteiger partial charge in [-0.15, -0.1) is 0 Å². The van der Waals surface area contributed by atoms with Crippen LogP contribution < -0.4 is 5.32 Å². The summed E-state index contributed by atoms with van der Waals surface area (Å²) in [5.41, 5.74) is 1.04. The number of carbonyl (C=O) groups is 2. The summed E-state index contributed by atoms with van der Waals surface area (Å²) < 4.78 is 17.6. The molecule has 35 heavy (non-hydrogen) atoms. The van der Waals surface area contributed by atoms with Crippen molar-refractivity contribution in [1.29, 1.82) is 0 Å². The number of esters is 1. The fourth-order valence-corrected chi connectivity index (χ4v) is 4.85. The zero-order valence-corrected chi connectivity index (χ0v) is 22.8. The van der Waals surface area contributed by atoms with Crippen LogP contribution in [0.3, 0.4) is 0 Å². The van der Waals surface area contributed by atoms with Crippen molar-refractivity contribution in [3.8, 4) is 0 Å². The lowest BCUT2D eigenvalue weighted by molar-refractivity contribution is -0.170. The highest BCUT2D eigenvalue weighted by atomic mass is 16.8. The van der Waals surface area contributed by atoms with Crippen LogP contribution in [0.1, 0.15) is 97.4 Å². The van der Waals surface area contributed by atoms with Gasteiger partial charge in [0.25, 0.3) is 0 Å². The SMILES string of the molecule is Cc1c(CCCC2CC2)ccnc1C[C@]1(C(CC(C)C)NC(=O)OC(C)(C)C)OC(C)(C)OC1=O. The van der Waals surface area contributed by atoms with E-state index in [1.54, 1.807) is 13.8 Å². The molecule has 1 aliphatic carbocycles. The Balaban J connectivity index is 1.92. The van der Waals surface area contributed by atoms with E-state index in [-0.39, 0.29) is 12.3 Å². The molecule has 1 N–H and O–H groups in total. The fraction of sp³-hybridized carbons (Fsp3) is 0.750. The van der Waals surface area contributed by atoms with Crippen molar-refractivity contribution in [3.05, 3.63) is 29.1 Å². The number of rotatable bonds is 10. The van der Waals surface area contributed by atoms with Gasteiger partial charge in [0.2, 0.25) is 5.79 Å².